The number of hydrogen-bond donors (Lipinski definition) is 0. The van der Waals surface area contributed by atoms with Crippen LogP contribution in [-0.4, -0.2) is 0 Å². The number of benzene rings is 12. The van der Waals surface area contributed by atoms with E-state index >= 15 is 0 Å². The van der Waals surface area contributed by atoms with Crippen molar-refractivity contribution >= 4 is 75.4 Å². The zero-order valence-corrected chi connectivity index (χ0v) is 29.9. The van der Waals surface area contributed by atoms with Gasteiger partial charge in [-0.15, -0.1) is 0 Å². The van der Waals surface area contributed by atoms with Crippen LogP contribution < -0.4 is 0 Å². The molecule has 0 heterocycles. The molecule has 0 radical (unpaired) electrons. The Balaban J connectivity index is 1.16. The van der Waals surface area contributed by atoms with Crippen LogP contribution in [-0.2, 0) is 5.41 Å². The fraction of sp³-hybridized carbons (Fsp3) is 0.0526. The van der Waals surface area contributed by atoms with Crippen LogP contribution in [0.3, 0.4) is 0 Å². The van der Waals surface area contributed by atoms with Crippen molar-refractivity contribution < 1.29 is 24.7 Å². The molecule has 0 fully saturated rings. The normalized spacial score (nSPS) is 18.5. The number of rotatable bonds is 3. The van der Waals surface area contributed by atoms with Crippen molar-refractivity contribution in [1.29, 1.82) is 0 Å². The van der Waals surface area contributed by atoms with Gasteiger partial charge in [-0.3, -0.25) is 0 Å². The summed E-state index contributed by atoms with van der Waals surface area (Å²) in [5.41, 5.74) is -7.40. The minimum Gasteiger partial charge on any atom is -0.0616 e. The Morgan fingerprint density at radius 1 is 0.368 bits per heavy atom. The monoisotopic (exact) mass is 738 g/mol. The second-order valence-electron chi connectivity index (χ2n) is 14.9. The molecule has 0 aliphatic heterocycles. The quantitative estimate of drug-likeness (QED) is 0.158. The first-order chi connectivity index (χ1) is 35.5. The average molecular weight is 739 g/mol. The first kappa shape index (κ1) is 18.7. The van der Waals surface area contributed by atoms with Crippen LogP contribution in [0.4, 0.5) is 0 Å². The van der Waals surface area contributed by atoms with Crippen molar-refractivity contribution in [1.82, 2.24) is 0 Å². The van der Waals surface area contributed by atoms with Crippen LogP contribution in [0.25, 0.3) is 120 Å². The fourth-order valence-electron chi connectivity index (χ4n) is 9.38. The molecule has 57 heavy (non-hydrogen) atoms. The molecule has 0 saturated heterocycles. The van der Waals surface area contributed by atoms with E-state index in [1.165, 1.54) is 0 Å². The maximum atomic E-state index is 10.1. The van der Waals surface area contributed by atoms with Gasteiger partial charge >= 0.3 is 0 Å². The molecule has 264 valence electrons. The van der Waals surface area contributed by atoms with Crippen LogP contribution >= 0.6 is 0 Å². The van der Waals surface area contributed by atoms with E-state index in [0.29, 0.717) is 21.7 Å². The standard InChI is InChI=1S/C57H36/c1-57(2)51-31-38(22-25-46(51)47-26-23-39(32-52(47)57)50-30-40-12-6-10-34-16-18-36-11-7-15-48(50)55(36)54(34)40)41-28-29-44(43-14-4-3-13-42(41)43)45-24-20-37-19-17-33-8-5-9-35-21-27-49(45)56(37)53(33)35/h3-32H,1-2H3/i1D3,2D3,3D,4D,13D,14D,22D,23D,25D,26D,28D,29D,31D,32D. The fourth-order valence-corrected chi connectivity index (χ4v) is 9.38. The Morgan fingerprint density at radius 2 is 0.842 bits per heavy atom. The first-order valence-corrected chi connectivity index (χ1v) is 18.7. The Morgan fingerprint density at radius 3 is 1.51 bits per heavy atom. The van der Waals surface area contributed by atoms with Crippen LogP contribution in [0.2, 0.25) is 0 Å². The summed E-state index contributed by atoms with van der Waals surface area (Å²) < 4.78 is 171. The highest BCUT2D eigenvalue weighted by Crippen LogP contribution is 2.52. The highest BCUT2D eigenvalue weighted by atomic mass is 14.4. The van der Waals surface area contributed by atoms with E-state index in [9.17, 15) is 21.9 Å². The van der Waals surface area contributed by atoms with Gasteiger partial charge in [0, 0.05) is 13.6 Å². The first-order valence-electron chi connectivity index (χ1n) is 27.7. The predicted octanol–water partition coefficient (Wildman–Crippen LogP) is 15.9. The van der Waals surface area contributed by atoms with E-state index in [1.807, 2.05) is 84.9 Å². The zero-order chi connectivity index (χ0) is 53.0. The summed E-state index contributed by atoms with van der Waals surface area (Å²) in [7, 11) is 0. The van der Waals surface area contributed by atoms with E-state index in [-0.39, 0.29) is 22.1 Å². The molecule has 1 aliphatic carbocycles. The lowest BCUT2D eigenvalue weighted by Gasteiger charge is -2.23. The van der Waals surface area contributed by atoms with Gasteiger partial charge in [0.1, 0.15) is 0 Å². The summed E-state index contributed by atoms with van der Waals surface area (Å²) in [5, 5.41) is 8.91. The van der Waals surface area contributed by atoms with Gasteiger partial charge in [-0.1, -0.05) is 177 Å². The molecule has 0 spiro atoms. The van der Waals surface area contributed by atoms with Gasteiger partial charge in [-0.2, -0.15) is 0 Å². The molecule has 0 nitrogen and oxygen atoms in total. The second kappa shape index (κ2) is 11.1. The molecule has 13 rings (SSSR count). The largest absolute Gasteiger partial charge is 0.0633 e. The lowest BCUT2D eigenvalue weighted by atomic mass is 9.80. The maximum Gasteiger partial charge on any atom is 0.0633 e. The molecule has 0 heteroatoms. The zero-order valence-electron chi connectivity index (χ0n) is 47.9. The van der Waals surface area contributed by atoms with Crippen molar-refractivity contribution in [3.05, 3.63) is 193 Å². The van der Waals surface area contributed by atoms with Gasteiger partial charge in [-0.25, -0.2) is 0 Å². The van der Waals surface area contributed by atoms with Crippen LogP contribution in [0.15, 0.2) is 182 Å². The van der Waals surface area contributed by atoms with Crippen molar-refractivity contribution in [2.24, 2.45) is 0 Å². The average Bonchev–Trinajstić information content (AvgIpc) is 4.01. The van der Waals surface area contributed by atoms with Gasteiger partial charge < -0.3 is 0 Å². The van der Waals surface area contributed by atoms with E-state index < -0.39 is 130 Å². The van der Waals surface area contributed by atoms with E-state index in [2.05, 4.69) is 0 Å². The second-order valence-corrected chi connectivity index (χ2v) is 14.9. The van der Waals surface area contributed by atoms with E-state index in [0.717, 1.165) is 48.5 Å². The Kier molecular flexibility index (Phi) is 3.64. The third-order valence-corrected chi connectivity index (χ3v) is 12.0. The molecule has 1 aliphatic rings. The third-order valence-electron chi connectivity index (χ3n) is 12.0. The molecule has 0 amide bonds. The minimum atomic E-state index is -3.72. The van der Waals surface area contributed by atoms with Crippen LogP contribution in [0.5, 0.6) is 0 Å². The summed E-state index contributed by atoms with van der Waals surface area (Å²) in [6.45, 7) is -7.45. The summed E-state index contributed by atoms with van der Waals surface area (Å²) in [6.07, 6.45) is 0. The summed E-state index contributed by atoms with van der Waals surface area (Å²) in [5.74, 6) is 0. The summed E-state index contributed by atoms with van der Waals surface area (Å²) >= 11 is 0. The molecule has 0 bridgehead atoms. The summed E-state index contributed by atoms with van der Waals surface area (Å²) in [4.78, 5) is 0. The highest BCUT2D eigenvalue weighted by Gasteiger charge is 2.36. The molecule has 0 N–H and O–H groups in total. The van der Waals surface area contributed by atoms with E-state index in [1.54, 1.807) is 24.3 Å². The molecule has 12 aromatic rings. The molecule has 0 saturated carbocycles. The van der Waals surface area contributed by atoms with Crippen molar-refractivity contribution in [3.63, 3.8) is 0 Å². The van der Waals surface area contributed by atoms with Crippen LogP contribution in [0, 0.1) is 0 Å². The van der Waals surface area contributed by atoms with Crippen molar-refractivity contribution in [2.45, 2.75) is 19.1 Å². The Bertz CT molecular complexity index is 4560. The number of hydrogen-bond acceptors (Lipinski definition) is 0. The van der Waals surface area contributed by atoms with Crippen molar-refractivity contribution in [2.75, 3.05) is 0 Å². The molecular formula is C57H36. The minimum absolute atomic E-state index is 0.0690. The number of fused-ring (bicyclic) bond motifs is 4. The van der Waals surface area contributed by atoms with Gasteiger partial charge in [0.2, 0.25) is 0 Å². The summed E-state index contributed by atoms with van der Waals surface area (Å²) in [6, 6.07) is 24.6. The molecule has 0 aromatic heterocycles. The Labute approximate surface area is 356 Å². The third kappa shape index (κ3) is 4.17. The molecule has 0 atom stereocenters. The van der Waals surface area contributed by atoms with Crippen LogP contribution in [0.1, 0.15) is 49.5 Å². The predicted molar refractivity (Wildman–Crippen MR) is 245 cm³/mol. The van der Waals surface area contributed by atoms with Gasteiger partial charge in [-0.05, 0) is 149 Å². The van der Waals surface area contributed by atoms with Gasteiger partial charge in [0.05, 0.1) is 16.4 Å². The van der Waals surface area contributed by atoms with Crippen molar-refractivity contribution in [3.8, 4) is 44.5 Å². The lowest BCUT2D eigenvalue weighted by Crippen LogP contribution is -2.15. The van der Waals surface area contributed by atoms with E-state index in [4.69, 9.17) is 2.74 Å². The molecular weight excluding hydrogens is 685 g/mol. The molecule has 0 unspecified atom stereocenters. The molecule has 12 aromatic carbocycles. The van der Waals surface area contributed by atoms with Gasteiger partial charge in [0.15, 0.2) is 0 Å². The lowest BCUT2D eigenvalue weighted by molar-refractivity contribution is 0.661. The topological polar surface area (TPSA) is 0 Å². The smallest absolute Gasteiger partial charge is 0.0616 e. The Hall–Kier alpha value is -7.02. The SMILES string of the molecule is [2H]c1c([2H])c2c(c([2H])c1-c1cc3cccc4ccc5cccc1c5c43)C(C([2H])([2H])[2H])(C([2H])([2H])[2H])c1c([2H])c(-c3c([2H])c([2H])c(-c4ccc5ccc6cccc7ccc4c5c67)c4c([2H])c([2H])c([2H])c([2H])c34)c([2H])c([2H])c1-2. The highest BCUT2D eigenvalue weighted by molar-refractivity contribution is 6.27. The maximum absolute atomic E-state index is 10.1. The van der Waals surface area contributed by atoms with Gasteiger partial charge in [0.25, 0.3) is 0 Å².